The molecule has 0 unspecified atom stereocenters. The zero-order chi connectivity index (χ0) is 17.1. The summed E-state index contributed by atoms with van der Waals surface area (Å²) in [4.78, 5) is 20.2. The van der Waals surface area contributed by atoms with Gasteiger partial charge in [-0.25, -0.2) is 0 Å². The van der Waals surface area contributed by atoms with Crippen molar-refractivity contribution < 1.29 is 14.4 Å². The highest BCUT2D eigenvalue weighted by atomic mass is 16.5. The maximum Gasteiger partial charge on any atom is 0.325 e. The van der Waals surface area contributed by atoms with Crippen LogP contribution in [-0.4, -0.2) is 57.2 Å². The van der Waals surface area contributed by atoms with Gasteiger partial charge in [-0.3, -0.25) is 19.6 Å². The molecule has 1 atom stereocenters. The minimum atomic E-state index is -0.855. The summed E-state index contributed by atoms with van der Waals surface area (Å²) in [5, 5.41) is 13.6. The lowest BCUT2D eigenvalue weighted by atomic mass is 10.0. The molecule has 0 saturated carbocycles. The summed E-state index contributed by atoms with van der Waals surface area (Å²) in [6.07, 6.45) is 3.59. The highest BCUT2D eigenvalue weighted by Gasteiger charge is 2.34. The number of hydrogen-bond acceptors (Lipinski definition) is 6. The Hall–Kier alpha value is -2.25. The number of carboxylic acids is 1. The Labute approximate surface area is 140 Å². The van der Waals surface area contributed by atoms with E-state index in [0.29, 0.717) is 30.1 Å². The number of piperazine rings is 1. The molecule has 0 bridgehead atoms. The van der Waals surface area contributed by atoms with E-state index in [4.69, 9.17) is 4.52 Å². The highest BCUT2D eigenvalue weighted by molar-refractivity contribution is 5.76. The molecule has 24 heavy (non-hydrogen) atoms. The maximum atomic E-state index is 11.8. The van der Waals surface area contributed by atoms with Crippen molar-refractivity contribution >= 4 is 5.97 Å². The third kappa shape index (κ3) is 3.47. The smallest absolute Gasteiger partial charge is 0.325 e. The predicted octanol–water partition coefficient (Wildman–Crippen LogP) is 1.63. The molecule has 1 fully saturated rings. The molecular formula is C17H22N4O3. The number of aliphatic carboxylic acids is 1. The monoisotopic (exact) mass is 330 g/mol. The van der Waals surface area contributed by atoms with Gasteiger partial charge in [0.2, 0.25) is 0 Å². The normalized spacial score (nSPS) is 17.8. The molecular weight excluding hydrogens is 308 g/mol. The summed E-state index contributed by atoms with van der Waals surface area (Å²) in [5.74, 6) is -0.272. The first kappa shape index (κ1) is 16.6. The highest BCUT2D eigenvalue weighted by Crippen LogP contribution is 2.28. The van der Waals surface area contributed by atoms with Crippen molar-refractivity contribution in [2.75, 3.05) is 26.2 Å². The maximum absolute atomic E-state index is 11.8. The van der Waals surface area contributed by atoms with E-state index >= 15 is 0 Å². The van der Waals surface area contributed by atoms with E-state index in [1.54, 1.807) is 26.2 Å². The largest absolute Gasteiger partial charge is 0.480 e. The van der Waals surface area contributed by atoms with Crippen LogP contribution in [0.25, 0.3) is 0 Å². The van der Waals surface area contributed by atoms with Gasteiger partial charge < -0.3 is 9.63 Å². The molecule has 1 aliphatic rings. The van der Waals surface area contributed by atoms with Crippen molar-refractivity contribution in [1.82, 2.24) is 19.9 Å². The quantitative estimate of drug-likeness (QED) is 0.892. The van der Waals surface area contributed by atoms with Crippen LogP contribution in [0.15, 0.2) is 29.0 Å². The molecule has 128 valence electrons. The Balaban J connectivity index is 1.67. The first-order valence-electron chi connectivity index (χ1n) is 8.07. The SMILES string of the molecule is Cc1noc(C)c1[C@H](C(=O)O)N1CCN(Cc2ccncc2)CC1. The molecule has 7 nitrogen and oxygen atoms in total. The third-order valence-electron chi connectivity index (χ3n) is 4.52. The minimum absolute atomic E-state index is 0.583. The van der Waals surface area contributed by atoms with Crippen LogP contribution < -0.4 is 0 Å². The van der Waals surface area contributed by atoms with E-state index in [1.165, 1.54) is 5.56 Å². The van der Waals surface area contributed by atoms with Gasteiger partial charge in [0.15, 0.2) is 0 Å². The Morgan fingerprint density at radius 3 is 2.46 bits per heavy atom. The lowest BCUT2D eigenvalue weighted by Crippen LogP contribution is -2.49. The molecule has 3 heterocycles. The molecule has 2 aromatic rings. The summed E-state index contributed by atoms with van der Waals surface area (Å²) in [5.41, 5.74) is 2.56. The first-order valence-corrected chi connectivity index (χ1v) is 8.07. The van der Waals surface area contributed by atoms with Gasteiger partial charge >= 0.3 is 5.97 Å². The van der Waals surface area contributed by atoms with Crippen LogP contribution in [0.5, 0.6) is 0 Å². The van der Waals surface area contributed by atoms with Crippen LogP contribution in [0.1, 0.15) is 28.6 Å². The summed E-state index contributed by atoms with van der Waals surface area (Å²) in [6.45, 7) is 7.48. The number of nitrogens with zero attached hydrogens (tertiary/aromatic N) is 4. The van der Waals surface area contributed by atoms with Crippen molar-refractivity contribution in [3.8, 4) is 0 Å². The second kappa shape index (κ2) is 7.11. The van der Waals surface area contributed by atoms with E-state index < -0.39 is 12.0 Å². The molecule has 7 heteroatoms. The molecule has 0 aliphatic carbocycles. The zero-order valence-corrected chi connectivity index (χ0v) is 14.0. The fraction of sp³-hybridized carbons (Fsp3) is 0.471. The predicted molar refractivity (Wildman–Crippen MR) is 87.4 cm³/mol. The van der Waals surface area contributed by atoms with E-state index in [0.717, 1.165) is 19.6 Å². The van der Waals surface area contributed by atoms with Crippen LogP contribution >= 0.6 is 0 Å². The van der Waals surface area contributed by atoms with Gasteiger partial charge in [0.05, 0.1) is 5.69 Å². The van der Waals surface area contributed by atoms with Gasteiger partial charge in [-0.05, 0) is 31.5 Å². The number of pyridine rings is 1. The topological polar surface area (TPSA) is 82.7 Å². The Bertz CT molecular complexity index is 674. The van der Waals surface area contributed by atoms with Crippen molar-refractivity contribution in [2.45, 2.75) is 26.4 Å². The third-order valence-corrected chi connectivity index (χ3v) is 4.52. The Morgan fingerprint density at radius 1 is 1.25 bits per heavy atom. The first-order chi connectivity index (χ1) is 11.6. The van der Waals surface area contributed by atoms with Gasteiger partial charge in [-0.15, -0.1) is 0 Å². The minimum Gasteiger partial charge on any atom is -0.480 e. The van der Waals surface area contributed by atoms with Crippen LogP contribution in [0, 0.1) is 13.8 Å². The van der Waals surface area contributed by atoms with E-state index in [9.17, 15) is 9.90 Å². The molecule has 3 rings (SSSR count). The number of hydrogen-bond donors (Lipinski definition) is 1. The lowest BCUT2D eigenvalue weighted by Gasteiger charge is -2.37. The fourth-order valence-corrected chi connectivity index (χ4v) is 3.27. The number of aryl methyl sites for hydroxylation is 2. The van der Waals surface area contributed by atoms with Gasteiger partial charge in [-0.2, -0.15) is 0 Å². The second-order valence-electron chi connectivity index (χ2n) is 6.15. The second-order valence-corrected chi connectivity index (χ2v) is 6.15. The average Bonchev–Trinajstić information content (AvgIpc) is 2.90. The van der Waals surface area contributed by atoms with Crippen LogP contribution in [-0.2, 0) is 11.3 Å². The van der Waals surface area contributed by atoms with Gasteiger partial charge in [0.1, 0.15) is 11.8 Å². The number of carboxylic acid groups (broad SMARTS) is 1. The van der Waals surface area contributed by atoms with E-state index in [1.807, 2.05) is 17.0 Å². The van der Waals surface area contributed by atoms with Crippen molar-refractivity contribution in [2.24, 2.45) is 0 Å². The number of rotatable bonds is 5. The van der Waals surface area contributed by atoms with Crippen LogP contribution in [0.3, 0.4) is 0 Å². The molecule has 1 N–H and O–H groups in total. The van der Waals surface area contributed by atoms with Crippen molar-refractivity contribution in [3.05, 3.63) is 47.1 Å². The molecule has 1 saturated heterocycles. The average molecular weight is 330 g/mol. The molecule has 0 amide bonds. The molecule has 0 radical (unpaired) electrons. The van der Waals surface area contributed by atoms with Crippen LogP contribution in [0.2, 0.25) is 0 Å². The van der Waals surface area contributed by atoms with Crippen LogP contribution in [0.4, 0.5) is 0 Å². The van der Waals surface area contributed by atoms with Gasteiger partial charge in [0, 0.05) is 50.7 Å². The van der Waals surface area contributed by atoms with Gasteiger partial charge in [-0.1, -0.05) is 5.16 Å². The summed E-state index contributed by atoms with van der Waals surface area (Å²) >= 11 is 0. The van der Waals surface area contributed by atoms with Crippen molar-refractivity contribution in [3.63, 3.8) is 0 Å². The zero-order valence-electron chi connectivity index (χ0n) is 14.0. The Kier molecular flexibility index (Phi) is 4.92. The lowest BCUT2D eigenvalue weighted by molar-refractivity contribution is -0.144. The molecule has 1 aliphatic heterocycles. The molecule has 0 aromatic carbocycles. The number of aromatic nitrogens is 2. The number of carbonyl (C=O) groups is 1. The van der Waals surface area contributed by atoms with Crippen molar-refractivity contribution in [1.29, 1.82) is 0 Å². The molecule has 2 aromatic heterocycles. The Morgan fingerprint density at radius 2 is 1.92 bits per heavy atom. The van der Waals surface area contributed by atoms with E-state index in [-0.39, 0.29) is 0 Å². The fourth-order valence-electron chi connectivity index (χ4n) is 3.27. The standard InChI is InChI=1S/C17H22N4O3/c1-12-15(13(2)24-19-12)16(17(22)23)21-9-7-20(8-10-21)11-14-3-5-18-6-4-14/h3-6,16H,7-11H2,1-2H3,(H,22,23)/t16-/m1/s1. The van der Waals surface area contributed by atoms with Gasteiger partial charge in [0.25, 0.3) is 0 Å². The van der Waals surface area contributed by atoms with E-state index in [2.05, 4.69) is 15.0 Å². The summed E-state index contributed by atoms with van der Waals surface area (Å²) in [7, 11) is 0. The molecule has 0 spiro atoms. The summed E-state index contributed by atoms with van der Waals surface area (Å²) in [6, 6.07) is 3.33. The summed E-state index contributed by atoms with van der Waals surface area (Å²) < 4.78 is 5.16.